The minimum atomic E-state index is -1.54. The number of nitrogen functional groups attached to an aromatic ring is 1. The van der Waals surface area contributed by atoms with Gasteiger partial charge >= 0.3 is 18.0 Å². The summed E-state index contributed by atoms with van der Waals surface area (Å²) in [5.41, 5.74) is 4.66. The van der Waals surface area contributed by atoms with Crippen LogP contribution in [0.25, 0.3) is 11.2 Å². The normalized spacial score (nSPS) is 18.6. The van der Waals surface area contributed by atoms with Gasteiger partial charge in [-0.25, -0.2) is 4.98 Å². The number of hydrogen-bond donors (Lipinski definition) is 1. The molecule has 3 heterocycles. The minimum absolute atomic E-state index is 0.108. The number of nitrogens with zero attached hydrogens (tertiary/aromatic N) is 4. The first-order chi connectivity index (χ1) is 24.8. The summed E-state index contributed by atoms with van der Waals surface area (Å²) in [6.07, 6.45) is 31.3. The maximum absolute atomic E-state index is 14.1. The number of fused-ring (bicyclic) bond motifs is 1. The molecule has 0 radical (unpaired) electrons. The summed E-state index contributed by atoms with van der Waals surface area (Å²) in [7, 11) is 0. The Balaban J connectivity index is 1.50. The van der Waals surface area contributed by atoms with Gasteiger partial charge in [0.25, 0.3) is 0 Å². The van der Waals surface area contributed by atoms with Crippen molar-refractivity contribution < 1.29 is 28.2 Å². The molecule has 0 aliphatic carbocycles. The number of ether oxygens (including phenoxy) is 3. The Morgan fingerprint density at radius 1 is 0.843 bits per heavy atom. The molecule has 11 heteroatoms. The molecule has 10 nitrogen and oxygen atoms in total. The van der Waals surface area contributed by atoms with Gasteiger partial charge in [0, 0.05) is 19.3 Å². The lowest BCUT2D eigenvalue weighted by atomic mass is 9.98. The number of esters is 2. The Hall–Kier alpha value is -3.26. The van der Waals surface area contributed by atoms with Crippen molar-refractivity contribution in [2.75, 3.05) is 12.3 Å². The van der Waals surface area contributed by atoms with Crippen LogP contribution < -0.4 is 5.73 Å². The van der Waals surface area contributed by atoms with Crippen LogP contribution in [0.5, 0.6) is 0 Å². The molecule has 0 amide bonds. The van der Waals surface area contributed by atoms with Crippen LogP contribution in [0.15, 0.2) is 6.33 Å². The third kappa shape index (κ3) is 14.7. The van der Waals surface area contributed by atoms with Crippen molar-refractivity contribution in [3.05, 3.63) is 12.4 Å². The number of halogens is 1. The average molecular weight is 714 g/mol. The first kappa shape index (κ1) is 42.2. The van der Waals surface area contributed by atoms with Crippen LogP contribution >= 0.6 is 0 Å². The van der Waals surface area contributed by atoms with Gasteiger partial charge in [-0.2, -0.15) is 14.4 Å². The number of carbonyl (C=O) groups excluding carboxylic acids is 2. The van der Waals surface area contributed by atoms with E-state index in [-0.39, 0.29) is 54.8 Å². The first-order valence-electron chi connectivity index (χ1n) is 20.0. The van der Waals surface area contributed by atoms with E-state index in [9.17, 15) is 14.0 Å². The third-order valence-electron chi connectivity index (χ3n) is 9.95. The van der Waals surface area contributed by atoms with E-state index in [2.05, 4.69) is 34.7 Å². The molecule has 2 aromatic rings. The Bertz CT molecular complexity index is 1350. The molecule has 1 fully saturated rings. The Labute approximate surface area is 305 Å². The van der Waals surface area contributed by atoms with Gasteiger partial charge in [0.2, 0.25) is 5.60 Å². The number of carbonyl (C=O) groups is 2. The summed E-state index contributed by atoms with van der Waals surface area (Å²) in [5.74, 6) is 1.76. The van der Waals surface area contributed by atoms with Crippen molar-refractivity contribution in [2.45, 2.75) is 192 Å². The number of terminal acetylenes is 1. The summed E-state index contributed by atoms with van der Waals surface area (Å²) in [5, 5.41) is 0. The molecule has 0 spiro atoms. The number of anilines is 1. The maximum Gasteiger partial charge on any atom is 0.312 e. The summed E-state index contributed by atoms with van der Waals surface area (Å²) < 4.78 is 33.5. The number of unbranched alkanes of at least 4 members (excludes halogenated alkanes) is 20. The molecule has 51 heavy (non-hydrogen) atoms. The number of aromatic nitrogens is 4. The van der Waals surface area contributed by atoms with E-state index in [4.69, 9.17) is 26.4 Å². The molecule has 2 aromatic heterocycles. The molecule has 1 aliphatic rings. The zero-order valence-corrected chi connectivity index (χ0v) is 31.5. The van der Waals surface area contributed by atoms with Crippen molar-refractivity contribution >= 4 is 28.9 Å². The molecule has 0 aromatic carbocycles. The smallest absolute Gasteiger partial charge is 0.312 e. The largest absolute Gasteiger partial charge is 0.461 e. The molecule has 3 rings (SSSR count). The highest BCUT2D eigenvalue weighted by atomic mass is 19.1. The van der Waals surface area contributed by atoms with Crippen LogP contribution in [-0.2, 0) is 23.8 Å². The number of rotatable bonds is 28. The second-order valence-corrected chi connectivity index (χ2v) is 14.3. The van der Waals surface area contributed by atoms with E-state index in [1.807, 2.05) is 0 Å². The second kappa shape index (κ2) is 24.1. The number of imidazole rings is 1. The zero-order chi connectivity index (χ0) is 36.7. The Kier molecular flexibility index (Phi) is 19.9. The van der Waals surface area contributed by atoms with Crippen molar-refractivity contribution in [2.24, 2.45) is 0 Å². The molecule has 0 bridgehead atoms. The number of nitrogens with two attached hydrogens (primary N) is 1. The van der Waals surface area contributed by atoms with Crippen LogP contribution in [0, 0.1) is 18.4 Å². The van der Waals surface area contributed by atoms with Gasteiger partial charge in [-0.15, -0.1) is 6.42 Å². The predicted molar refractivity (Wildman–Crippen MR) is 199 cm³/mol. The quantitative estimate of drug-likeness (QED) is 0.0396. The summed E-state index contributed by atoms with van der Waals surface area (Å²) in [6, 6.07) is 0. The predicted octanol–water partition coefficient (Wildman–Crippen LogP) is 9.70. The Morgan fingerprint density at radius 2 is 1.33 bits per heavy atom. The van der Waals surface area contributed by atoms with Gasteiger partial charge in [-0.1, -0.05) is 148 Å². The van der Waals surface area contributed by atoms with Crippen molar-refractivity contribution in [1.29, 1.82) is 0 Å². The van der Waals surface area contributed by atoms with E-state index in [0.717, 1.165) is 32.1 Å². The molecular weight excluding hydrogens is 649 g/mol. The van der Waals surface area contributed by atoms with Crippen molar-refractivity contribution in [3.8, 4) is 12.3 Å². The molecule has 2 N–H and O–H groups in total. The van der Waals surface area contributed by atoms with Gasteiger partial charge in [-0.05, 0) is 12.8 Å². The third-order valence-corrected chi connectivity index (χ3v) is 9.95. The fourth-order valence-electron chi connectivity index (χ4n) is 6.82. The SMILES string of the molecule is C#CC1(COC(=O)CCCCCCCCCCCCC)OC(n2cnc3c(N)nc(F)nc32)CC1OC(=O)CCCCCCCCCCCCC. The van der Waals surface area contributed by atoms with E-state index in [1.54, 1.807) is 0 Å². The summed E-state index contributed by atoms with van der Waals surface area (Å²) in [4.78, 5) is 37.5. The standard InChI is InChI=1S/C40H64FN5O5/c1-4-7-9-11-13-15-17-19-21-23-25-27-34(47)49-30-40(6-3)32(50-35(48)28-26-24-22-20-18-16-14-12-10-8-5-2)29-33(51-40)46-31-43-36-37(42)44-39(41)45-38(36)46/h3,31-33H,4-5,7-30H2,1-2H3,(H2,42,44,45). The van der Waals surface area contributed by atoms with Crippen LogP contribution in [-0.4, -0.2) is 49.8 Å². The highest BCUT2D eigenvalue weighted by molar-refractivity contribution is 5.81. The monoisotopic (exact) mass is 713 g/mol. The highest BCUT2D eigenvalue weighted by Crippen LogP contribution is 2.40. The van der Waals surface area contributed by atoms with Gasteiger partial charge in [-0.3, -0.25) is 14.2 Å². The van der Waals surface area contributed by atoms with Gasteiger partial charge < -0.3 is 19.9 Å². The first-order valence-corrected chi connectivity index (χ1v) is 20.0. The molecule has 1 aliphatic heterocycles. The van der Waals surface area contributed by atoms with Gasteiger partial charge in [0.05, 0.1) is 6.33 Å². The number of hydrogen-bond acceptors (Lipinski definition) is 9. The summed E-state index contributed by atoms with van der Waals surface area (Å²) >= 11 is 0. The second-order valence-electron chi connectivity index (χ2n) is 14.3. The van der Waals surface area contributed by atoms with Gasteiger partial charge in [0.15, 0.2) is 17.0 Å². The van der Waals surface area contributed by atoms with Crippen molar-refractivity contribution in [3.63, 3.8) is 0 Å². The maximum atomic E-state index is 14.1. The lowest BCUT2D eigenvalue weighted by Gasteiger charge is -2.28. The van der Waals surface area contributed by atoms with Crippen LogP contribution in [0.2, 0.25) is 0 Å². The fraction of sp³-hybridized carbons (Fsp3) is 0.775. The molecule has 286 valence electrons. The summed E-state index contributed by atoms with van der Waals surface area (Å²) in [6.45, 7) is 4.18. The average Bonchev–Trinajstić information content (AvgIpc) is 3.70. The lowest BCUT2D eigenvalue weighted by molar-refractivity contribution is -0.166. The van der Waals surface area contributed by atoms with E-state index < -0.39 is 24.0 Å². The molecular formula is C40H64FN5O5. The van der Waals surface area contributed by atoms with Crippen LogP contribution in [0.3, 0.4) is 0 Å². The van der Waals surface area contributed by atoms with Gasteiger partial charge in [0.1, 0.15) is 18.9 Å². The molecule has 3 unspecified atom stereocenters. The fourth-order valence-corrected chi connectivity index (χ4v) is 6.82. The topological polar surface area (TPSA) is 131 Å². The van der Waals surface area contributed by atoms with Crippen LogP contribution in [0.1, 0.15) is 181 Å². The Morgan fingerprint density at radius 3 is 1.84 bits per heavy atom. The van der Waals surface area contributed by atoms with E-state index >= 15 is 0 Å². The lowest BCUT2D eigenvalue weighted by Crippen LogP contribution is -2.45. The van der Waals surface area contributed by atoms with E-state index in [1.165, 1.54) is 114 Å². The molecule has 1 saturated heterocycles. The van der Waals surface area contributed by atoms with E-state index in [0.29, 0.717) is 6.42 Å². The van der Waals surface area contributed by atoms with Crippen LogP contribution in [0.4, 0.5) is 10.2 Å². The molecule has 0 saturated carbocycles. The highest BCUT2D eigenvalue weighted by Gasteiger charge is 2.52. The molecule has 3 atom stereocenters. The van der Waals surface area contributed by atoms with Crippen molar-refractivity contribution in [1.82, 2.24) is 19.5 Å². The zero-order valence-electron chi connectivity index (χ0n) is 31.5. The minimum Gasteiger partial charge on any atom is -0.461 e.